The molecule has 1 unspecified atom stereocenters. The Bertz CT molecular complexity index is 918. The molecule has 0 aromatic heterocycles. The van der Waals surface area contributed by atoms with Crippen molar-refractivity contribution < 1.29 is 14.3 Å². The average molecular weight is 441 g/mol. The number of benzene rings is 2. The van der Waals surface area contributed by atoms with E-state index in [4.69, 9.17) is 4.74 Å². The van der Waals surface area contributed by atoms with Gasteiger partial charge < -0.3 is 15.0 Å². The van der Waals surface area contributed by atoms with Gasteiger partial charge in [-0.05, 0) is 48.4 Å². The number of halogens is 1. The molecule has 1 atom stereocenters. The molecule has 1 aliphatic rings. The summed E-state index contributed by atoms with van der Waals surface area (Å²) in [5.41, 5.74) is 2.26. The molecular formula is C22H21BrN2O3. The van der Waals surface area contributed by atoms with E-state index >= 15 is 0 Å². The van der Waals surface area contributed by atoms with Gasteiger partial charge in [-0.2, -0.15) is 0 Å². The Hall–Kier alpha value is -2.86. The number of hydrogen-bond donors (Lipinski definition) is 1. The molecule has 144 valence electrons. The van der Waals surface area contributed by atoms with Crippen LogP contribution in [0.4, 0.5) is 4.79 Å². The van der Waals surface area contributed by atoms with Crippen LogP contribution in [0.2, 0.25) is 0 Å². The molecule has 6 heteroatoms. The maximum absolute atomic E-state index is 12.9. The number of rotatable bonds is 6. The lowest BCUT2D eigenvalue weighted by molar-refractivity contribution is -0.111. The summed E-state index contributed by atoms with van der Waals surface area (Å²) in [4.78, 5) is 26.8. The minimum Gasteiger partial charge on any atom is -0.497 e. The first kappa shape index (κ1) is 19.9. The second-order valence-corrected chi connectivity index (χ2v) is 7.19. The third-order valence-electron chi connectivity index (χ3n) is 4.51. The summed E-state index contributed by atoms with van der Waals surface area (Å²) in [6.07, 6.45) is 4.95. The van der Waals surface area contributed by atoms with Gasteiger partial charge in [-0.15, -0.1) is 0 Å². The smallest absolute Gasteiger partial charge is 0.322 e. The van der Waals surface area contributed by atoms with Crippen molar-refractivity contribution in [1.82, 2.24) is 10.2 Å². The van der Waals surface area contributed by atoms with Crippen molar-refractivity contribution in [3.63, 3.8) is 0 Å². The van der Waals surface area contributed by atoms with Gasteiger partial charge in [0, 0.05) is 22.8 Å². The number of nitrogens with zero attached hydrogens (tertiary/aromatic N) is 1. The third-order valence-corrected chi connectivity index (χ3v) is 5.03. The van der Waals surface area contributed by atoms with Crippen molar-refractivity contribution in [2.45, 2.75) is 13.0 Å². The van der Waals surface area contributed by atoms with Crippen LogP contribution >= 0.6 is 15.9 Å². The maximum atomic E-state index is 12.9. The van der Waals surface area contributed by atoms with Crippen LogP contribution in [-0.4, -0.2) is 30.4 Å². The zero-order valence-electron chi connectivity index (χ0n) is 15.7. The number of carbonyl (C=O) groups is 2. The molecule has 2 amide bonds. The summed E-state index contributed by atoms with van der Waals surface area (Å²) in [6.45, 7) is 2.35. The van der Waals surface area contributed by atoms with E-state index in [1.165, 1.54) is 11.0 Å². The summed E-state index contributed by atoms with van der Waals surface area (Å²) < 4.78 is 6.17. The zero-order chi connectivity index (χ0) is 20.1. The fourth-order valence-electron chi connectivity index (χ4n) is 2.93. The van der Waals surface area contributed by atoms with Crippen molar-refractivity contribution in [3.05, 3.63) is 82.0 Å². The molecule has 2 aromatic rings. The molecule has 0 spiro atoms. The normalized spacial score (nSPS) is 16.7. The number of ketones is 1. The third kappa shape index (κ3) is 4.51. The highest BCUT2D eigenvalue weighted by molar-refractivity contribution is 9.10. The molecule has 0 radical (unpaired) electrons. The number of nitrogens with one attached hydrogen (secondary N) is 1. The highest BCUT2D eigenvalue weighted by Crippen LogP contribution is 2.28. The van der Waals surface area contributed by atoms with E-state index in [0.717, 1.165) is 15.6 Å². The van der Waals surface area contributed by atoms with E-state index in [0.29, 0.717) is 17.9 Å². The molecule has 1 N–H and O–H groups in total. The Morgan fingerprint density at radius 3 is 2.46 bits per heavy atom. The summed E-state index contributed by atoms with van der Waals surface area (Å²) in [7, 11) is 1.60. The molecule has 2 aromatic carbocycles. The van der Waals surface area contributed by atoms with Gasteiger partial charge in [-0.25, -0.2) is 4.79 Å². The van der Waals surface area contributed by atoms with Crippen LogP contribution in [0.25, 0.3) is 6.08 Å². The van der Waals surface area contributed by atoms with Gasteiger partial charge in [0.15, 0.2) is 5.78 Å². The largest absolute Gasteiger partial charge is 0.497 e. The molecule has 28 heavy (non-hydrogen) atoms. The van der Waals surface area contributed by atoms with Gasteiger partial charge in [0.2, 0.25) is 0 Å². The van der Waals surface area contributed by atoms with E-state index in [-0.39, 0.29) is 11.8 Å². The van der Waals surface area contributed by atoms with Crippen LogP contribution in [0.1, 0.15) is 24.1 Å². The van der Waals surface area contributed by atoms with E-state index in [1.807, 2.05) is 55.5 Å². The van der Waals surface area contributed by atoms with Crippen LogP contribution in [0.5, 0.6) is 5.75 Å². The number of methoxy groups -OCH3 is 1. The Morgan fingerprint density at radius 1 is 1.18 bits per heavy atom. The first-order valence-electron chi connectivity index (χ1n) is 8.92. The van der Waals surface area contributed by atoms with Crippen molar-refractivity contribution in [2.75, 3.05) is 13.7 Å². The standard InChI is InChI=1S/C22H21BrN2O3/c1-3-25-14-19(20(26)13-6-15-4-9-17(23)10-5-15)21(24-22(25)27)16-7-11-18(28-2)12-8-16/h4-14,21H,3H2,1-2H3,(H,24,27)/b13-6+. The molecule has 0 saturated carbocycles. The summed E-state index contributed by atoms with van der Waals surface area (Å²) in [5.74, 6) is 0.565. The number of hydrogen-bond acceptors (Lipinski definition) is 3. The Balaban J connectivity index is 1.90. The van der Waals surface area contributed by atoms with Gasteiger partial charge >= 0.3 is 6.03 Å². The Kier molecular flexibility index (Phi) is 6.31. The predicted molar refractivity (Wildman–Crippen MR) is 113 cm³/mol. The van der Waals surface area contributed by atoms with Gasteiger partial charge in [0.25, 0.3) is 0 Å². The highest BCUT2D eigenvalue weighted by atomic mass is 79.9. The maximum Gasteiger partial charge on any atom is 0.322 e. The first-order valence-corrected chi connectivity index (χ1v) is 9.72. The van der Waals surface area contributed by atoms with Gasteiger partial charge in [0.1, 0.15) is 5.75 Å². The molecular weight excluding hydrogens is 420 g/mol. The van der Waals surface area contributed by atoms with Crippen LogP contribution in [0, 0.1) is 0 Å². The van der Waals surface area contributed by atoms with E-state index in [2.05, 4.69) is 21.2 Å². The van der Waals surface area contributed by atoms with Crippen molar-refractivity contribution >= 4 is 33.8 Å². The molecule has 1 heterocycles. The SMILES string of the molecule is CCN1C=C(C(=O)/C=C/c2ccc(Br)cc2)C(c2ccc(OC)cc2)NC1=O. The van der Waals surface area contributed by atoms with Gasteiger partial charge in [-0.3, -0.25) is 4.79 Å². The second kappa shape index (κ2) is 8.89. The number of ether oxygens (including phenoxy) is 1. The zero-order valence-corrected chi connectivity index (χ0v) is 17.3. The molecule has 0 aliphatic carbocycles. The summed E-state index contributed by atoms with van der Waals surface area (Å²) in [5, 5.41) is 2.92. The fourth-order valence-corrected chi connectivity index (χ4v) is 3.19. The fraction of sp³-hybridized carbons (Fsp3) is 0.182. The lowest BCUT2D eigenvalue weighted by atomic mass is 9.94. The minimum atomic E-state index is -0.511. The first-order chi connectivity index (χ1) is 13.5. The lowest BCUT2D eigenvalue weighted by Crippen LogP contribution is -2.44. The van der Waals surface area contributed by atoms with Gasteiger partial charge in [0.05, 0.1) is 13.2 Å². The van der Waals surface area contributed by atoms with E-state index < -0.39 is 6.04 Å². The van der Waals surface area contributed by atoms with Crippen molar-refractivity contribution in [3.8, 4) is 5.75 Å². The molecule has 0 saturated heterocycles. The molecule has 3 rings (SSSR count). The highest BCUT2D eigenvalue weighted by Gasteiger charge is 2.30. The van der Waals surface area contributed by atoms with E-state index in [9.17, 15) is 9.59 Å². The average Bonchev–Trinajstić information content (AvgIpc) is 2.73. The number of carbonyl (C=O) groups excluding carboxylic acids is 2. The molecule has 1 aliphatic heterocycles. The Morgan fingerprint density at radius 2 is 1.86 bits per heavy atom. The van der Waals surface area contributed by atoms with E-state index in [1.54, 1.807) is 19.4 Å². The predicted octanol–water partition coefficient (Wildman–Crippen LogP) is 4.71. The molecule has 5 nitrogen and oxygen atoms in total. The van der Waals surface area contributed by atoms with Crippen LogP contribution in [-0.2, 0) is 4.79 Å². The van der Waals surface area contributed by atoms with Crippen LogP contribution in [0.15, 0.2) is 70.9 Å². The quantitative estimate of drug-likeness (QED) is 0.661. The molecule has 0 bridgehead atoms. The second-order valence-electron chi connectivity index (χ2n) is 6.28. The monoisotopic (exact) mass is 440 g/mol. The number of amides is 2. The number of urea groups is 1. The van der Waals surface area contributed by atoms with Gasteiger partial charge in [-0.1, -0.05) is 46.3 Å². The summed E-state index contributed by atoms with van der Waals surface area (Å²) in [6, 6.07) is 14.3. The summed E-state index contributed by atoms with van der Waals surface area (Å²) >= 11 is 3.40. The van der Waals surface area contributed by atoms with Crippen LogP contribution < -0.4 is 10.1 Å². The lowest BCUT2D eigenvalue weighted by Gasteiger charge is -2.31. The Labute approximate surface area is 172 Å². The topological polar surface area (TPSA) is 58.6 Å². The van der Waals surface area contributed by atoms with Crippen molar-refractivity contribution in [1.29, 1.82) is 0 Å². The minimum absolute atomic E-state index is 0.151. The number of allylic oxidation sites excluding steroid dienone is 1. The molecule has 0 fully saturated rings. The van der Waals surface area contributed by atoms with Crippen molar-refractivity contribution in [2.24, 2.45) is 0 Å². The van der Waals surface area contributed by atoms with Crippen LogP contribution in [0.3, 0.4) is 0 Å².